The Morgan fingerprint density at radius 2 is 2.27 bits per heavy atom. The molecule has 0 aromatic rings. The lowest BCUT2D eigenvalue weighted by molar-refractivity contribution is -0.124. The lowest BCUT2D eigenvalue weighted by atomic mass is 9.92. The van der Waals surface area contributed by atoms with Gasteiger partial charge >= 0.3 is 0 Å². The summed E-state index contributed by atoms with van der Waals surface area (Å²) in [4.78, 5) is 11.8. The van der Waals surface area contributed by atoms with E-state index in [0.717, 1.165) is 13.0 Å². The van der Waals surface area contributed by atoms with Crippen molar-refractivity contribution in [1.82, 2.24) is 10.6 Å². The number of amides is 1. The Morgan fingerprint density at radius 3 is 2.87 bits per heavy atom. The molecule has 2 N–H and O–H groups in total. The first-order valence-corrected chi connectivity index (χ1v) is 5.75. The Labute approximate surface area is 92.3 Å². The molecule has 0 saturated carbocycles. The Bertz CT molecular complexity index is 244. The van der Waals surface area contributed by atoms with E-state index in [1.54, 1.807) is 0 Å². The number of piperidine rings is 1. The number of hydrogen-bond acceptors (Lipinski definition) is 2. The number of rotatable bonds is 3. The fourth-order valence-corrected chi connectivity index (χ4v) is 1.87. The van der Waals surface area contributed by atoms with Crippen molar-refractivity contribution in [3.8, 4) is 0 Å². The van der Waals surface area contributed by atoms with Gasteiger partial charge in [-0.25, -0.2) is 0 Å². The van der Waals surface area contributed by atoms with Crippen LogP contribution in [0.1, 0.15) is 33.6 Å². The minimum Gasteiger partial charge on any atom is -0.351 e. The van der Waals surface area contributed by atoms with E-state index in [2.05, 4.69) is 17.6 Å². The number of nitrogens with one attached hydrogen (secondary N) is 2. The molecule has 1 amide bonds. The average Bonchev–Trinajstić information content (AvgIpc) is 2.17. The van der Waals surface area contributed by atoms with Crippen LogP contribution in [0.25, 0.3) is 0 Å². The summed E-state index contributed by atoms with van der Waals surface area (Å²) in [7, 11) is 0. The van der Waals surface area contributed by atoms with E-state index in [1.165, 1.54) is 12.0 Å². The van der Waals surface area contributed by atoms with E-state index in [9.17, 15) is 4.79 Å². The normalized spacial score (nSPS) is 25.8. The van der Waals surface area contributed by atoms with Gasteiger partial charge in [-0.05, 0) is 39.2 Å². The Morgan fingerprint density at radius 1 is 1.53 bits per heavy atom. The molecule has 1 saturated heterocycles. The summed E-state index contributed by atoms with van der Waals surface area (Å²) in [6.07, 6.45) is 4.36. The molecule has 1 aliphatic heterocycles. The largest absolute Gasteiger partial charge is 0.351 e. The highest BCUT2D eigenvalue weighted by Crippen LogP contribution is 2.15. The van der Waals surface area contributed by atoms with Crippen molar-refractivity contribution in [2.75, 3.05) is 13.1 Å². The van der Waals surface area contributed by atoms with E-state index in [-0.39, 0.29) is 11.9 Å². The van der Waals surface area contributed by atoms with Crippen molar-refractivity contribution in [3.05, 3.63) is 11.6 Å². The van der Waals surface area contributed by atoms with Gasteiger partial charge < -0.3 is 10.6 Å². The molecule has 0 bridgehead atoms. The molecular formula is C12H22N2O. The van der Waals surface area contributed by atoms with Gasteiger partial charge in [0.05, 0.1) is 6.04 Å². The second-order valence-corrected chi connectivity index (χ2v) is 4.58. The van der Waals surface area contributed by atoms with Crippen LogP contribution >= 0.6 is 0 Å². The first-order chi connectivity index (χ1) is 7.11. The quantitative estimate of drug-likeness (QED) is 0.692. The lowest BCUT2D eigenvalue weighted by Crippen LogP contribution is -2.50. The molecule has 0 radical (unpaired) electrons. The molecule has 1 heterocycles. The van der Waals surface area contributed by atoms with Gasteiger partial charge in [0.25, 0.3) is 0 Å². The first kappa shape index (κ1) is 12.2. The fraction of sp³-hybridized carbons (Fsp3) is 0.750. The molecule has 0 aromatic carbocycles. The van der Waals surface area contributed by atoms with Gasteiger partial charge in [-0.1, -0.05) is 18.6 Å². The zero-order valence-electron chi connectivity index (χ0n) is 9.97. The van der Waals surface area contributed by atoms with Crippen LogP contribution < -0.4 is 10.6 Å². The number of hydrogen-bond donors (Lipinski definition) is 2. The maximum Gasteiger partial charge on any atom is 0.237 e. The van der Waals surface area contributed by atoms with Gasteiger partial charge in [-0.2, -0.15) is 0 Å². The van der Waals surface area contributed by atoms with Crippen LogP contribution in [0.15, 0.2) is 11.6 Å². The Balaban J connectivity index is 2.35. The fourth-order valence-electron chi connectivity index (χ4n) is 1.87. The van der Waals surface area contributed by atoms with Crippen LogP contribution in [-0.4, -0.2) is 25.0 Å². The van der Waals surface area contributed by atoms with E-state index in [4.69, 9.17) is 0 Å². The third kappa shape index (κ3) is 4.04. The van der Waals surface area contributed by atoms with Gasteiger partial charge in [0.1, 0.15) is 0 Å². The molecule has 0 spiro atoms. The molecule has 86 valence electrons. The third-order valence-electron chi connectivity index (χ3n) is 2.84. The van der Waals surface area contributed by atoms with E-state index >= 15 is 0 Å². The molecule has 2 unspecified atom stereocenters. The van der Waals surface area contributed by atoms with Crippen molar-refractivity contribution >= 4 is 5.91 Å². The van der Waals surface area contributed by atoms with Crippen LogP contribution in [0.5, 0.6) is 0 Å². The summed E-state index contributed by atoms with van der Waals surface area (Å²) in [5.74, 6) is 0.588. The number of carbonyl (C=O) groups excluding carboxylic acids is 1. The zero-order valence-corrected chi connectivity index (χ0v) is 9.97. The van der Waals surface area contributed by atoms with E-state index in [1.807, 2.05) is 19.9 Å². The molecule has 0 aromatic heterocycles. The predicted molar refractivity (Wildman–Crippen MR) is 62.6 cm³/mol. The van der Waals surface area contributed by atoms with Crippen LogP contribution in [0.4, 0.5) is 0 Å². The van der Waals surface area contributed by atoms with Crippen molar-refractivity contribution in [2.45, 2.75) is 39.7 Å². The Hall–Kier alpha value is -0.830. The van der Waals surface area contributed by atoms with E-state index in [0.29, 0.717) is 12.5 Å². The topological polar surface area (TPSA) is 41.1 Å². The second-order valence-electron chi connectivity index (χ2n) is 4.58. The zero-order chi connectivity index (χ0) is 11.3. The molecular weight excluding hydrogens is 188 g/mol. The van der Waals surface area contributed by atoms with Crippen molar-refractivity contribution in [1.29, 1.82) is 0 Å². The summed E-state index contributed by atoms with van der Waals surface area (Å²) >= 11 is 0. The number of carbonyl (C=O) groups is 1. The highest BCUT2D eigenvalue weighted by molar-refractivity contribution is 5.82. The monoisotopic (exact) mass is 210 g/mol. The molecule has 1 fully saturated rings. The smallest absolute Gasteiger partial charge is 0.237 e. The van der Waals surface area contributed by atoms with Crippen LogP contribution in [0.3, 0.4) is 0 Å². The maximum atomic E-state index is 11.8. The highest BCUT2D eigenvalue weighted by atomic mass is 16.2. The van der Waals surface area contributed by atoms with Crippen molar-refractivity contribution in [3.63, 3.8) is 0 Å². The van der Waals surface area contributed by atoms with E-state index < -0.39 is 0 Å². The maximum absolute atomic E-state index is 11.8. The van der Waals surface area contributed by atoms with Gasteiger partial charge in [-0.3, -0.25) is 4.79 Å². The molecule has 1 aliphatic rings. The molecule has 3 nitrogen and oxygen atoms in total. The average molecular weight is 210 g/mol. The van der Waals surface area contributed by atoms with Gasteiger partial charge in [0, 0.05) is 6.54 Å². The standard InChI is InChI=1S/C12H22N2O/c1-9(2)6-8-14-12(15)11-10(3)5-4-7-13-11/h6,10-11,13H,4-5,7-8H2,1-3H3,(H,14,15). The van der Waals surface area contributed by atoms with Crippen molar-refractivity contribution < 1.29 is 4.79 Å². The van der Waals surface area contributed by atoms with Crippen LogP contribution in [0, 0.1) is 5.92 Å². The predicted octanol–water partition coefficient (Wildman–Crippen LogP) is 1.46. The minimum absolute atomic E-state index is 0.00399. The molecule has 1 rings (SSSR count). The second kappa shape index (κ2) is 5.91. The molecule has 15 heavy (non-hydrogen) atoms. The summed E-state index contributed by atoms with van der Waals surface area (Å²) in [6, 6.07) is 0.00399. The summed E-state index contributed by atoms with van der Waals surface area (Å²) < 4.78 is 0. The summed E-state index contributed by atoms with van der Waals surface area (Å²) in [6.45, 7) is 7.82. The van der Waals surface area contributed by atoms with Gasteiger partial charge in [0.15, 0.2) is 0 Å². The molecule has 3 heteroatoms. The van der Waals surface area contributed by atoms with Gasteiger partial charge in [-0.15, -0.1) is 0 Å². The Kier molecular flexibility index (Phi) is 4.82. The highest BCUT2D eigenvalue weighted by Gasteiger charge is 2.26. The summed E-state index contributed by atoms with van der Waals surface area (Å²) in [5.41, 5.74) is 1.24. The minimum atomic E-state index is 0.00399. The molecule has 0 aliphatic carbocycles. The van der Waals surface area contributed by atoms with Gasteiger partial charge in [0.2, 0.25) is 5.91 Å². The van der Waals surface area contributed by atoms with Crippen LogP contribution in [-0.2, 0) is 4.79 Å². The molecule has 2 atom stereocenters. The van der Waals surface area contributed by atoms with Crippen molar-refractivity contribution in [2.24, 2.45) is 5.92 Å². The number of allylic oxidation sites excluding steroid dienone is 1. The SMILES string of the molecule is CC(C)=CCNC(=O)C1NCCCC1C. The lowest BCUT2D eigenvalue weighted by Gasteiger charge is -2.28. The van der Waals surface area contributed by atoms with Crippen LogP contribution in [0.2, 0.25) is 0 Å². The third-order valence-corrected chi connectivity index (χ3v) is 2.84. The first-order valence-electron chi connectivity index (χ1n) is 5.75. The summed E-state index contributed by atoms with van der Waals surface area (Å²) in [5, 5.41) is 6.21.